The third-order valence-electron chi connectivity index (χ3n) is 4.88. The number of esters is 1. The van der Waals surface area contributed by atoms with Crippen LogP contribution >= 0.6 is 11.6 Å². The van der Waals surface area contributed by atoms with Crippen LogP contribution in [0, 0.1) is 0 Å². The number of carbonyl (C=O) groups excluding carboxylic acids is 2. The Bertz CT molecular complexity index is 1020. The number of nitrogens with zero attached hydrogens (tertiary/aromatic N) is 1. The molecule has 4 rings (SSSR count). The SMILES string of the molecule is COC(=O)c1ccc(NC(=O)C2(c3cc(-c4ccc(Cl)cc4)on3)CC2)cc1. The molecule has 0 unspecified atom stereocenters. The van der Waals surface area contributed by atoms with E-state index in [0.717, 1.165) is 5.56 Å². The van der Waals surface area contributed by atoms with Crippen molar-refractivity contribution < 1.29 is 18.8 Å². The number of benzene rings is 2. The summed E-state index contributed by atoms with van der Waals surface area (Å²) in [5.74, 6) is 0.0244. The van der Waals surface area contributed by atoms with E-state index in [2.05, 4.69) is 15.2 Å². The maximum atomic E-state index is 12.9. The lowest BCUT2D eigenvalue weighted by molar-refractivity contribution is -0.118. The fourth-order valence-electron chi connectivity index (χ4n) is 3.03. The minimum absolute atomic E-state index is 0.144. The molecule has 142 valence electrons. The summed E-state index contributed by atoms with van der Waals surface area (Å²) in [6.07, 6.45) is 1.40. The quantitative estimate of drug-likeness (QED) is 0.644. The van der Waals surface area contributed by atoms with Gasteiger partial charge in [0.1, 0.15) is 0 Å². The lowest BCUT2D eigenvalue weighted by atomic mass is 10.00. The van der Waals surface area contributed by atoms with Crippen molar-refractivity contribution >= 4 is 29.2 Å². The number of rotatable bonds is 5. The molecule has 7 heteroatoms. The van der Waals surface area contributed by atoms with E-state index in [1.165, 1.54) is 7.11 Å². The standard InChI is InChI=1S/C21H17ClN2O4/c1-27-19(25)14-4-8-16(9-5-14)23-20(26)21(10-11-21)18-12-17(28-24-18)13-2-6-15(22)7-3-13/h2-9,12H,10-11H2,1H3,(H,23,26). The maximum Gasteiger partial charge on any atom is 0.337 e. The van der Waals surface area contributed by atoms with Gasteiger partial charge in [0.25, 0.3) is 0 Å². The molecular formula is C21H17ClN2O4. The van der Waals surface area contributed by atoms with Crippen LogP contribution in [0.2, 0.25) is 5.02 Å². The zero-order valence-corrected chi connectivity index (χ0v) is 15.8. The Hall–Kier alpha value is -3.12. The zero-order valence-electron chi connectivity index (χ0n) is 15.1. The molecule has 6 nitrogen and oxygen atoms in total. The van der Waals surface area contributed by atoms with Crippen LogP contribution in [0.1, 0.15) is 28.9 Å². The highest BCUT2D eigenvalue weighted by molar-refractivity contribution is 6.30. The van der Waals surface area contributed by atoms with E-state index in [1.54, 1.807) is 42.5 Å². The third-order valence-corrected chi connectivity index (χ3v) is 5.13. The van der Waals surface area contributed by atoms with Crippen LogP contribution in [0.3, 0.4) is 0 Å². The van der Waals surface area contributed by atoms with Crippen molar-refractivity contribution in [3.8, 4) is 11.3 Å². The van der Waals surface area contributed by atoms with Crippen LogP contribution in [0.5, 0.6) is 0 Å². The molecule has 0 radical (unpaired) electrons. The summed E-state index contributed by atoms with van der Waals surface area (Å²) in [7, 11) is 1.32. The molecule has 0 bridgehead atoms. The Morgan fingerprint density at radius 1 is 1.11 bits per heavy atom. The van der Waals surface area contributed by atoms with Crippen molar-refractivity contribution in [1.82, 2.24) is 5.16 Å². The molecule has 1 fully saturated rings. The number of amides is 1. The number of methoxy groups -OCH3 is 1. The summed E-state index contributed by atoms with van der Waals surface area (Å²) >= 11 is 5.92. The Labute approximate surface area is 166 Å². The first-order valence-electron chi connectivity index (χ1n) is 8.75. The van der Waals surface area contributed by atoms with Gasteiger partial charge in [0.05, 0.1) is 23.8 Å². The predicted molar refractivity (Wildman–Crippen MR) is 104 cm³/mol. The highest BCUT2D eigenvalue weighted by Crippen LogP contribution is 2.49. The molecule has 28 heavy (non-hydrogen) atoms. The Morgan fingerprint density at radius 2 is 1.79 bits per heavy atom. The highest BCUT2D eigenvalue weighted by Gasteiger charge is 2.53. The van der Waals surface area contributed by atoms with Crippen molar-refractivity contribution in [2.45, 2.75) is 18.3 Å². The summed E-state index contributed by atoms with van der Waals surface area (Å²) < 4.78 is 10.1. The molecule has 1 aromatic heterocycles. The molecule has 0 aliphatic heterocycles. The highest BCUT2D eigenvalue weighted by atomic mass is 35.5. The van der Waals surface area contributed by atoms with Gasteiger partial charge in [-0.2, -0.15) is 0 Å². The van der Waals surface area contributed by atoms with E-state index in [1.807, 2.05) is 12.1 Å². The number of carbonyl (C=O) groups is 2. The number of hydrogen-bond acceptors (Lipinski definition) is 5. The minimum Gasteiger partial charge on any atom is -0.465 e. The van der Waals surface area contributed by atoms with Gasteiger partial charge in [-0.3, -0.25) is 4.79 Å². The lowest BCUT2D eigenvalue weighted by Crippen LogP contribution is -2.28. The number of anilines is 1. The van der Waals surface area contributed by atoms with Crippen LogP contribution in [-0.4, -0.2) is 24.1 Å². The van der Waals surface area contributed by atoms with Crippen molar-refractivity contribution in [3.05, 3.63) is 70.9 Å². The fourth-order valence-corrected chi connectivity index (χ4v) is 3.16. The van der Waals surface area contributed by atoms with Crippen LogP contribution in [-0.2, 0) is 14.9 Å². The zero-order chi connectivity index (χ0) is 19.7. The second-order valence-electron chi connectivity index (χ2n) is 6.69. The number of aromatic nitrogens is 1. The minimum atomic E-state index is -0.685. The summed E-state index contributed by atoms with van der Waals surface area (Å²) in [6, 6.07) is 15.6. The fraction of sp³-hybridized carbons (Fsp3) is 0.190. The Morgan fingerprint density at radius 3 is 2.39 bits per heavy atom. The molecule has 0 saturated heterocycles. The van der Waals surface area contributed by atoms with Gasteiger partial charge in [0.15, 0.2) is 5.76 Å². The average molecular weight is 397 g/mol. The lowest BCUT2D eigenvalue weighted by Gasteiger charge is -2.12. The molecule has 1 aliphatic carbocycles. The van der Waals surface area contributed by atoms with E-state index in [-0.39, 0.29) is 5.91 Å². The Balaban J connectivity index is 1.50. The molecule has 1 N–H and O–H groups in total. The summed E-state index contributed by atoms with van der Waals surface area (Å²) in [5.41, 5.74) is 1.80. The van der Waals surface area contributed by atoms with Crippen LogP contribution in [0.25, 0.3) is 11.3 Å². The van der Waals surface area contributed by atoms with Gasteiger partial charge in [-0.05, 0) is 61.4 Å². The van der Waals surface area contributed by atoms with E-state index < -0.39 is 11.4 Å². The third kappa shape index (κ3) is 3.39. The monoisotopic (exact) mass is 396 g/mol. The van der Waals surface area contributed by atoms with Crippen molar-refractivity contribution in [3.63, 3.8) is 0 Å². The van der Waals surface area contributed by atoms with Crippen LogP contribution < -0.4 is 5.32 Å². The first-order chi connectivity index (χ1) is 13.5. The molecule has 1 aliphatic rings. The smallest absolute Gasteiger partial charge is 0.337 e. The topological polar surface area (TPSA) is 81.4 Å². The number of ether oxygens (including phenoxy) is 1. The van der Waals surface area contributed by atoms with Gasteiger partial charge in [-0.15, -0.1) is 0 Å². The molecule has 1 saturated carbocycles. The second kappa shape index (κ2) is 7.13. The molecular weight excluding hydrogens is 380 g/mol. The van der Waals surface area contributed by atoms with Gasteiger partial charge in [-0.25, -0.2) is 4.79 Å². The molecule has 0 spiro atoms. The predicted octanol–water partition coefficient (Wildman–Crippen LogP) is 4.45. The van der Waals surface area contributed by atoms with Crippen LogP contribution in [0.4, 0.5) is 5.69 Å². The maximum absolute atomic E-state index is 12.9. The average Bonchev–Trinajstić information content (AvgIpc) is 3.39. The van der Waals surface area contributed by atoms with Crippen molar-refractivity contribution in [2.24, 2.45) is 0 Å². The molecule has 1 amide bonds. The first-order valence-corrected chi connectivity index (χ1v) is 9.13. The molecule has 1 heterocycles. The van der Waals surface area contributed by atoms with Gasteiger partial charge in [0.2, 0.25) is 5.91 Å². The van der Waals surface area contributed by atoms with Crippen molar-refractivity contribution in [2.75, 3.05) is 12.4 Å². The van der Waals surface area contributed by atoms with Crippen molar-refractivity contribution in [1.29, 1.82) is 0 Å². The van der Waals surface area contributed by atoms with Crippen LogP contribution in [0.15, 0.2) is 59.1 Å². The van der Waals surface area contributed by atoms with E-state index in [4.69, 9.17) is 16.1 Å². The normalized spacial score (nSPS) is 14.4. The molecule has 0 atom stereocenters. The molecule has 2 aromatic carbocycles. The summed E-state index contributed by atoms with van der Waals surface area (Å²) in [5, 5.41) is 7.66. The van der Waals surface area contributed by atoms with E-state index >= 15 is 0 Å². The number of nitrogens with one attached hydrogen (secondary N) is 1. The Kier molecular flexibility index (Phi) is 4.65. The van der Waals surface area contributed by atoms with E-state index in [9.17, 15) is 9.59 Å². The van der Waals surface area contributed by atoms with Gasteiger partial charge >= 0.3 is 5.97 Å². The van der Waals surface area contributed by atoms with Gasteiger partial charge in [0, 0.05) is 22.3 Å². The van der Waals surface area contributed by atoms with Gasteiger partial charge in [-0.1, -0.05) is 16.8 Å². The summed E-state index contributed by atoms with van der Waals surface area (Å²) in [4.78, 5) is 24.4. The number of halogens is 1. The largest absolute Gasteiger partial charge is 0.465 e. The molecule has 3 aromatic rings. The first kappa shape index (κ1) is 18.3. The summed E-state index contributed by atoms with van der Waals surface area (Å²) in [6.45, 7) is 0. The van der Waals surface area contributed by atoms with Gasteiger partial charge < -0.3 is 14.6 Å². The second-order valence-corrected chi connectivity index (χ2v) is 7.12. The van der Waals surface area contributed by atoms with E-state index in [0.29, 0.717) is 40.6 Å². The number of hydrogen-bond donors (Lipinski definition) is 1.